The highest BCUT2D eigenvalue weighted by molar-refractivity contribution is 7.15. The van der Waals surface area contributed by atoms with E-state index in [1.807, 2.05) is 38.1 Å². The van der Waals surface area contributed by atoms with Crippen molar-refractivity contribution in [3.63, 3.8) is 0 Å². The molecule has 0 fully saturated rings. The molecule has 4 rings (SSSR count). The van der Waals surface area contributed by atoms with Crippen molar-refractivity contribution in [1.29, 1.82) is 0 Å². The summed E-state index contributed by atoms with van der Waals surface area (Å²) in [6.07, 6.45) is 0. The van der Waals surface area contributed by atoms with Crippen molar-refractivity contribution in [2.45, 2.75) is 27.7 Å². The molecule has 0 N–H and O–H groups in total. The zero-order chi connectivity index (χ0) is 19.7. The van der Waals surface area contributed by atoms with Gasteiger partial charge >= 0.3 is 0 Å². The molecule has 0 saturated heterocycles. The number of aryl methyl sites for hydroxylation is 3. The Labute approximate surface area is 168 Å². The number of nitrogens with zero attached hydrogens (tertiary/aromatic N) is 2. The minimum atomic E-state index is 0.613. The van der Waals surface area contributed by atoms with Crippen molar-refractivity contribution in [3.05, 3.63) is 70.0 Å². The van der Waals surface area contributed by atoms with E-state index in [-0.39, 0.29) is 0 Å². The van der Waals surface area contributed by atoms with Crippen molar-refractivity contribution < 1.29 is 9.15 Å². The topological polar surface area (TPSA) is 47.6 Å². The highest BCUT2D eigenvalue weighted by atomic mass is 32.1. The van der Waals surface area contributed by atoms with E-state index in [0.29, 0.717) is 6.61 Å². The van der Waals surface area contributed by atoms with Crippen LogP contribution < -0.4 is 10.1 Å². The van der Waals surface area contributed by atoms with Gasteiger partial charge in [0.15, 0.2) is 0 Å². The summed E-state index contributed by atoms with van der Waals surface area (Å²) in [7, 11) is 0. The predicted molar refractivity (Wildman–Crippen MR) is 114 cm³/mol. The van der Waals surface area contributed by atoms with Crippen LogP contribution >= 0.6 is 11.3 Å². The number of rotatable bonds is 4. The zero-order valence-corrected chi connectivity index (χ0v) is 17.3. The first-order chi connectivity index (χ1) is 13.5. The number of hydrogen-bond acceptors (Lipinski definition) is 5. The minimum absolute atomic E-state index is 0.613. The molecule has 0 saturated carbocycles. The molecule has 2 aromatic heterocycles. The fourth-order valence-corrected chi connectivity index (χ4v) is 3.76. The monoisotopic (exact) mass is 390 g/mol. The highest BCUT2D eigenvalue weighted by Crippen LogP contribution is 2.27. The third-order valence-corrected chi connectivity index (χ3v) is 5.56. The molecule has 0 amide bonds. The van der Waals surface area contributed by atoms with E-state index in [1.54, 1.807) is 11.3 Å². The van der Waals surface area contributed by atoms with Crippen LogP contribution in [0.15, 0.2) is 57.9 Å². The van der Waals surface area contributed by atoms with Gasteiger partial charge in [-0.25, -0.2) is 9.98 Å². The van der Waals surface area contributed by atoms with Crippen LogP contribution in [0.2, 0.25) is 0 Å². The molecule has 0 bridgehead atoms. The maximum absolute atomic E-state index is 6.20. The summed E-state index contributed by atoms with van der Waals surface area (Å²) in [5, 5.41) is 2.48. The third kappa shape index (κ3) is 3.71. The van der Waals surface area contributed by atoms with Crippen molar-refractivity contribution in [1.82, 2.24) is 4.98 Å². The smallest absolute Gasteiger partial charge is 0.210 e. The predicted octanol–water partition coefficient (Wildman–Crippen LogP) is 6.11. The molecule has 28 heavy (non-hydrogen) atoms. The molecule has 0 atom stereocenters. The molecule has 4 aromatic rings. The standard InChI is InChI=1S/C23H22N2O2S/c1-5-26-18-10-11-21-19(12-18)20(25-23-24-15(3)16(4)28-23)13-22(27-21)17-8-6-14(2)7-9-17/h6-13H,5H2,1-4H3/b25-20+. The minimum Gasteiger partial charge on any atom is -0.494 e. The van der Waals surface area contributed by atoms with Gasteiger partial charge in [0.25, 0.3) is 0 Å². The lowest BCUT2D eigenvalue weighted by atomic mass is 10.1. The maximum atomic E-state index is 6.20. The molecule has 5 heteroatoms. The second-order valence-electron chi connectivity index (χ2n) is 6.70. The Balaban J connectivity index is 1.96. The van der Waals surface area contributed by atoms with Crippen LogP contribution in [-0.2, 0) is 0 Å². The number of hydrogen-bond donors (Lipinski definition) is 0. The van der Waals surface area contributed by atoms with Gasteiger partial charge in [-0.3, -0.25) is 0 Å². The summed E-state index contributed by atoms with van der Waals surface area (Å²) < 4.78 is 11.9. The number of fused-ring (bicyclic) bond motifs is 1. The van der Waals surface area contributed by atoms with Gasteiger partial charge in [-0.05, 0) is 45.9 Å². The van der Waals surface area contributed by atoms with Gasteiger partial charge in [-0.15, -0.1) is 0 Å². The first-order valence-electron chi connectivity index (χ1n) is 9.30. The largest absolute Gasteiger partial charge is 0.494 e. The summed E-state index contributed by atoms with van der Waals surface area (Å²) in [6, 6.07) is 16.1. The second-order valence-corrected chi connectivity index (χ2v) is 7.88. The Bertz CT molecular complexity index is 1180. The van der Waals surface area contributed by atoms with Gasteiger partial charge < -0.3 is 9.15 Å². The van der Waals surface area contributed by atoms with Crippen LogP contribution in [0.25, 0.3) is 22.3 Å². The Morgan fingerprint density at radius 1 is 1.04 bits per heavy atom. The van der Waals surface area contributed by atoms with E-state index >= 15 is 0 Å². The average Bonchev–Trinajstić information content (AvgIpc) is 3.00. The lowest BCUT2D eigenvalue weighted by Gasteiger charge is -2.07. The van der Waals surface area contributed by atoms with Gasteiger partial charge in [0.05, 0.1) is 17.7 Å². The highest BCUT2D eigenvalue weighted by Gasteiger charge is 2.09. The van der Waals surface area contributed by atoms with Gasteiger partial charge in [0.2, 0.25) is 5.13 Å². The fraction of sp³-hybridized carbons (Fsp3) is 0.217. The summed E-state index contributed by atoms with van der Waals surface area (Å²) in [6.45, 7) is 8.73. The summed E-state index contributed by atoms with van der Waals surface area (Å²) in [5.74, 6) is 1.58. The molecule has 2 aromatic carbocycles. The molecule has 0 radical (unpaired) electrons. The molecule has 2 heterocycles. The van der Waals surface area contributed by atoms with Crippen molar-refractivity contribution in [3.8, 4) is 17.1 Å². The number of ether oxygens (including phenoxy) is 1. The Morgan fingerprint density at radius 3 is 2.50 bits per heavy atom. The zero-order valence-electron chi connectivity index (χ0n) is 16.4. The molecule has 4 nitrogen and oxygen atoms in total. The van der Waals surface area contributed by atoms with Crippen molar-refractivity contribution >= 4 is 27.4 Å². The third-order valence-electron chi connectivity index (χ3n) is 4.60. The molecule has 0 aliphatic heterocycles. The van der Waals surface area contributed by atoms with Crippen LogP contribution in [0.1, 0.15) is 23.1 Å². The second kappa shape index (κ2) is 7.60. The van der Waals surface area contributed by atoms with E-state index < -0.39 is 0 Å². The Morgan fingerprint density at radius 2 is 1.82 bits per heavy atom. The normalized spacial score (nSPS) is 11.9. The molecular weight excluding hydrogens is 368 g/mol. The molecule has 142 valence electrons. The van der Waals surface area contributed by atoms with E-state index in [9.17, 15) is 0 Å². The SMILES string of the molecule is CCOc1ccc2oc(-c3ccc(C)cc3)c/c(=N\c3nc(C)c(C)s3)c2c1. The van der Waals surface area contributed by atoms with E-state index in [0.717, 1.165) is 44.2 Å². The lowest BCUT2D eigenvalue weighted by molar-refractivity contribution is 0.340. The van der Waals surface area contributed by atoms with Crippen molar-refractivity contribution in [2.75, 3.05) is 6.61 Å². The van der Waals surface area contributed by atoms with Crippen LogP contribution in [0, 0.1) is 20.8 Å². The first-order valence-corrected chi connectivity index (χ1v) is 10.1. The van der Waals surface area contributed by atoms with Gasteiger partial charge in [-0.2, -0.15) is 0 Å². The molecule has 0 aliphatic carbocycles. The summed E-state index contributed by atoms with van der Waals surface area (Å²) >= 11 is 1.60. The molecule has 0 aliphatic rings. The summed E-state index contributed by atoms with van der Waals surface area (Å²) in [4.78, 5) is 10.6. The van der Waals surface area contributed by atoms with Crippen LogP contribution in [-0.4, -0.2) is 11.6 Å². The van der Waals surface area contributed by atoms with Gasteiger partial charge in [0.1, 0.15) is 17.1 Å². The van der Waals surface area contributed by atoms with Crippen molar-refractivity contribution in [2.24, 2.45) is 4.99 Å². The van der Waals surface area contributed by atoms with E-state index in [4.69, 9.17) is 14.1 Å². The van der Waals surface area contributed by atoms with Crippen LogP contribution in [0.5, 0.6) is 5.75 Å². The average molecular weight is 391 g/mol. The lowest BCUT2D eigenvalue weighted by Crippen LogP contribution is -2.04. The number of thiazole rings is 1. The Hall–Kier alpha value is -2.92. The maximum Gasteiger partial charge on any atom is 0.210 e. The van der Waals surface area contributed by atoms with E-state index in [2.05, 4.69) is 43.1 Å². The quantitative estimate of drug-likeness (QED) is 0.422. The first kappa shape index (κ1) is 18.4. The van der Waals surface area contributed by atoms with Crippen LogP contribution in [0.3, 0.4) is 0 Å². The Kier molecular flexibility index (Phi) is 5.01. The number of benzene rings is 2. The van der Waals surface area contributed by atoms with E-state index in [1.165, 1.54) is 10.4 Å². The van der Waals surface area contributed by atoms with Gasteiger partial charge in [-0.1, -0.05) is 41.2 Å². The molecule has 0 unspecified atom stereocenters. The molecule has 0 spiro atoms. The summed E-state index contributed by atoms with van der Waals surface area (Å²) in [5.41, 5.74) is 4.02. The number of aromatic nitrogens is 1. The fourth-order valence-electron chi connectivity index (χ4n) is 2.96. The van der Waals surface area contributed by atoms with Crippen LogP contribution in [0.4, 0.5) is 5.13 Å². The van der Waals surface area contributed by atoms with Gasteiger partial charge in [0, 0.05) is 21.9 Å². The molecular formula is C23H22N2O2S.